The summed E-state index contributed by atoms with van der Waals surface area (Å²) in [5.41, 5.74) is 0.376. The minimum Gasteiger partial charge on any atom is -0.292 e. The van der Waals surface area contributed by atoms with Gasteiger partial charge in [0.2, 0.25) is 0 Å². The number of benzene rings is 3. The van der Waals surface area contributed by atoms with Crippen LogP contribution in [0.5, 0.6) is 0 Å². The molecule has 0 saturated carbocycles. The highest BCUT2D eigenvalue weighted by atomic mass is 79.9. The monoisotopic (exact) mass is 446 g/mol. The molecule has 0 aliphatic carbocycles. The highest BCUT2D eigenvalue weighted by Gasteiger charge is 2.35. The van der Waals surface area contributed by atoms with Crippen LogP contribution < -0.4 is 0 Å². The van der Waals surface area contributed by atoms with Crippen LogP contribution in [0.25, 0.3) is 0 Å². The fourth-order valence-corrected chi connectivity index (χ4v) is 5.79. The smallest absolute Gasteiger partial charge is 0.198 e. The molecule has 1 atom stereocenters. The van der Waals surface area contributed by atoms with Crippen molar-refractivity contribution in [1.29, 1.82) is 0 Å². The van der Waals surface area contributed by atoms with Gasteiger partial charge in [-0.05, 0) is 36.4 Å². The fourth-order valence-electron chi connectivity index (χ4n) is 2.37. The van der Waals surface area contributed by atoms with Crippen LogP contribution in [0.4, 0.5) is 0 Å². The van der Waals surface area contributed by atoms with Gasteiger partial charge in [0.05, 0.1) is 4.90 Å². The van der Waals surface area contributed by atoms with E-state index in [2.05, 4.69) is 15.9 Å². The van der Waals surface area contributed by atoms with E-state index in [1.807, 2.05) is 18.2 Å². The summed E-state index contributed by atoms with van der Waals surface area (Å²) in [5.74, 6) is -0.428. The second-order valence-corrected chi connectivity index (χ2v) is 9.92. The quantitative estimate of drug-likeness (QED) is 0.384. The number of sulfone groups is 1. The zero-order valence-electron chi connectivity index (χ0n) is 13.6. The van der Waals surface area contributed by atoms with Crippen LogP contribution in [0.3, 0.4) is 0 Å². The molecular formula is C20H15BrO3S2. The van der Waals surface area contributed by atoms with Crippen molar-refractivity contribution in [3.05, 3.63) is 95.0 Å². The zero-order valence-corrected chi connectivity index (χ0v) is 16.8. The molecule has 0 bridgehead atoms. The van der Waals surface area contributed by atoms with Crippen LogP contribution in [0, 0.1) is 0 Å². The lowest BCUT2D eigenvalue weighted by Gasteiger charge is -2.17. The molecule has 0 saturated heterocycles. The molecule has 1 unspecified atom stereocenters. The molecule has 132 valence electrons. The molecule has 0 amide bonds. The van der Waals surface area contributed by atoms with Gasteiger partial charge in [0.15, 0.2) is 20.2 Å². The molecule has 3 rings (SSSR count). The van der Waals surface area contributed by atoms with Gasteiger partial charge >= 0.3 is 0 Å². The van der Waals surface area contributed by atoms with E-state index in [1.54, 1.807) is 54.6 Å². The number of ketones is 1. The molecule has 0 spiro atoms. The molecule has 3 aromatic rings. The Labute approximate surface area is 165 Å². The van der Waals surface area contributed by atoms with E-state index in [4.69, 9.17) is 0 Å². The number of hydrogen-bond acceptors (Lipinski definition) is 4. The first-order valence-corrected chi connectivity index (χ1v) is 11.0. The summed E-state index contributed by atoms with van der Waals surface area (Å²) in [4.78, 5) is 13.9. The molecule has 0 aliphatic heterocycles. The molecule has 26 heavy (non-hydrogen) atoms. The van der Waals surface area contributed by atoms with Crippen LogP contribution >= 0.6 is 27.7 Å². The highest BCUT2D eigenvalue weighted by Crippen LogP contribution is 2.33. The maximum atomic E-state index is 13.2. The average Bonchev–Trinajstić information content (AvgIpc) is 2.67. The Morgan fingerprint density at radius 3 is 1.92 bits per heavy atom. The van der Waals surface area contributed by atoms with Crippen molar-refractivity contribution in [3.63, 3.8) is 0 Å². The van der Waals surface area contributed by atoms with Gasteiger partial charge in [0.25, 0.3) is 0 Å². The van der Waals surface area contributed by atoms with Crippen LogP contribution in [-0.4, -0.2) is 18.8 Å². The number of halogens is 1. The van der Waals surface area contributed by atoms with Crippen molar-refractivity contribution in [3.8, 4) is 0 Å². The van der Waals surface area contributed by atoms with E-state index in [1.165, 1.54) is 12.1 Å². The summed E-state index contributed by atoms with van der Waals surface area (Å²) >= 11 is 4.35. The summed E-state index contributed by atoms with van der Waals surface area (Å²) in [5, 5.41) is 0. The van der Waals surface area contributed by atoms with Gasteiger partial charge in [-0.2, -0.15) is 0 Å². The lowest BCUT2D eigenvalue weighted by molar-refractivity contribution is 0.101. The molecule has 0 heterocycles. The summed E-state index contributed by atoms with van der Waals surface area (Å²) in [6, 6.07) is 23.9. The normalized spacial score (nSPS) is 12.5. The Hall–Kier alpha value is -1.89. The van der Waals surface area contributed by atoms with E-state index in [0.717, 1.165) is 21.1 Å². The number of carbonyl (C=O) groups is 1. The molecule has 0 radical (unpaired) electrons. The van der Waals surface area contributed by atoms with Gasteiger partial charge in [-0.25, -0.2) is 8.42 Å². The SMILES string of the molecule is O=C(c1ccccc1)C(Sc1ccccc1)S(=O)(=O)c1ccc(Br)cc1. The van der Waals surface area contributed by atoms with Crippen molar-refractivity contribution in [2.75, 3.05) is 0 Å². The summed E-state index contributed by atoms with van der Waals surface area (Å²) in [7, 11) is -3.87. The van der Waals surface area contributed by atoms with E-state index in [9.17, 15) is 13.2 Å². The lowest BCUT2D eigenvalue weighted by atomic mass is 10.1. The molecule has 0 aromatic heterocycles. The third-order valence-corrected chi connectivity index (χ3v) is 7.94. The summed E-state index contributed by atoms with van der Waals surface area (Å²) in [6.07, 6.45) is 0. The summed E-state index contributed by atoms with van der Waals surface area (Å²) < 4.78 is 25.9. The van der Waals surface area contributed by atoms with Crippen LogP contribution in [-0.2, 0) is 9.84 Å². The number of thioether (sulfide) groups is 1. The van der Waals surface area contributed by atoms with Gasteiger partial charge in [0.1, 0.15) is 0 Å². The molecule has 0 N–H and O–H groups in total. The number of rotatable bonds is 6. The van der Waals surface area contributed by atoms with Crippen LogP contribution in [0.1, 0.15) is 10.4 Å². The topological polar surface area (TPSA) is 51.2 Å². The second-order valence-electron chi connectivity index (χ2n) is 5.49. The Kier molecular flexibility index (Phi) is 5.96. The van der Waals surface area contributed by atoms with Crippen molar-refractivity contribution < 1.29 is 13.2 Å². The van der Waals surface area contributed by atoms with Gasteiger partial charge in [-0.3, -0.25) is 4.79 Å². The Morgan fingerprint density at radius 2 is 1.35 bits per heavy atom. The van der Waals surface area contributed by atoms with Crippen molar-refractivity contribution in [2.45, 2.75) is 14.4 Å². The third-order valence-electron chi connectivity index (χ3n) is 3.68. The fraction of sp³-hybridized carbons (Fsp3) is 0.0500. The second kappa shape index (κ2) is 8.20. The maximum absolute atomic E-state index is 13.2. The van der Waals surface area contributed by atoms with Gasteiger partial charge in [-0.1, -0.05) is 76.2 Å². The molecule has 3 aromatic carbocycles. The lowest BCUT2D eigenvalue weighted by Crippen LogP contribution is -2.27. The van der Waals surface area contributed by atoms with Gasteiger partial charge in [0, 0.05) is 14.9 Å². The van der Waals surface area contributed by atoms with Crippen molar-refractivity contribution >= 4 is 43.3 Å². The molecule has 6 heteroatoms. The van der Waals surface area contributed by atoms with E-state index >= 15 is 0 Å². The van der Waals surface area contributed by atoms with E-state index in [-0.39, 0.29) is 4.90 Å². The first-order chi connectivity index (χ1) is 12.5. The Bertz CT molecular complexity index is 986. The first kappa shape index (κ1) is 18.9. The molecule has 3 nitrogen and oxygen atoms in total. The number of hydrogen-bond donors (Lipinski definition) is 0. The maximum Gasteiger partial charge on any atom is 0.198 e. The van der Waals surface area contributed by atoms with Crippen LogP contribution in [0.15, 0.2) is 99.2 Å². The molecule has 0 fully saturated rings. The van der Waals surface area contributed by atoms with Crippen LogP contribution in [0.2, 0.25) is 0 Å². The molecular weight excluding hydrogens is 432 g/mol. The predicted octanol–water partition coefficient (Wildman–Crippen LogP) is 5.22. The summed E-state index contributed by atoms with van der Waals surface area (Å²) in [6.45, 7) is 0. The van der Waals surface area contributed by atoms with E-state index in [0.29, 0.717) is 5.56 Å². The largest absolute Gasteiger partial charge is 0.292 e. The molecule has 0 aliphatic rings. The highest BCUT2D eigenvalue weighted by molar-refractivity contribution is 9.10. The predicted molar refractivity (Wildman–Crippen MR) is 108 cm³/mol. The van der Waals surface area contributed by atoms with Crippen molar-refractivity contribution in [1.82, 2.24) is 0 Å². The number of carbonyl (C=O) groups excluding carboxylic acids is 1. The Morgan fingerprint density at radius 1 is 0.808 bits per heavy atom. The average molecular weight is 447 g/mol. The zero-order chi connectivity index (χ0) is 18.6. The van der Waals surface area contributed by atoms with E-state index < -0.39 is 20.2 Å². The third kappa shape index (κ3) is 4.26. The minimum atomic E-state index is -3.87. The van der Waals surface area contributed by atoms with Gasteiger partial charge in [-0.15, -0.1) is 0 Å². The number of Topliss-reactive ketones (excluding diaryl/α,β-unsaturated/α-hetero) is 1. The first-order valence-electron chi connectivity index (χ1n) is 7.79. The van der Waals surface area contributed by atoms with Gasteiger partial charge < -0.3 is 0 Å². The Balaban J connectivity index is 2.04. The minimum absolute atomic E-state index is 0.124. The van der Waals surface area contributed by atoms with Crippen molar-refractivity contribution in [2.24, 2.45) is 0 Å². The standard InChI is InChI=1S/C20H15BrO3S2/c21-16-11-13-18(14-12-16)26(23,24)20(25-17-9-5-2-6-10-17)19(22)15-7-3-1-4-8-15/h1-14,20H.